The maximum absolute atomic E-state index is 13.7. The third kappa shape index (κ3) is 5.15. The summed E-state index contributed by atoms with van der Waals surface area (Å²) >= 11 is 0. The summed E-state index contributed by atoms with van der Waals surface area (Å²) in [6.07, 6.45) is 1.76. The van der Waals surface area contributed by atoms with E-state index in [1.165, 1.54) is 5.56 Å². The van der Waals surface area contributed by atoms with E-state index in [1.807, 2.05) is 24.3 Å². The molecule has 2 nitrogen and oxygen atoms in total. The van der Waals surface area contributed by atoms with Crippen LogP contribution in [0, 0.1) is 0 Å². The molecule has 0 aliphatic carbocycles. The molecule has 0 spiro atoms. The van der Waals surface area contributed by atoms with Crippen LogP contribution in [0.25, 0.3) is 0 Å². The molecule has 1 N–H and O–H groups in total. The van der Waals surface area contributed by atoms with Gasteiger partial charge in [-0.3, -0.25) is 0 Å². The number of rotatable bonds is 7. The molecule has 0 saturated heterocycles. The zero-order chi connectivity index (χ0) is 13.6. The number of hydrogen-bond donors (Lipinski definition) is 1. The largest absolute Gasteiger partial charge is 0.396 e. The van der Waals surface area contributed by atoms with Crippen LogP contribution in [0.4, 0.5) is 4.39 Å². The molecule has 0 fully saturated rings. The molecule has 18 heavy (non-hydrogen) atoms. The molecule has 0 heterocycles. The minimum absolute atomic E-state index is 0.241. The maximum Gasteiger partial charge on any atom is 0.130 e. The van der Waals surface area contributed by atoms with Crippen LogP contribution < -0.4 is 0 Å². The molecule has 0 aliphatic rings. The molecule has 0 unspecified atom stereocenters. The average Bonchev–Trinajstić information content (AvgIpc) is 2.33. The molecule has 0 radical (unpaired) electrons. The van der Waals surface area contributed by atoms with Gasteiger partial charge in [0.05, 0.1) is 0 Å². The summed E-state index contributed by atoms with van der Waals surface area (Å²) in [6, 6.07) is 7.72. The highest BCUT2D eigenvalue weighted by molar-refractivity contribution is 5.26. The first-order valence-electron chi connectivity index (χ1n) is 6.51. The van der Waals surface area contributed by atoms with Gasteiger partial charge in [0.2, 0.25) is 0 Å². The normalized spacial score (nSPS) is 12.1. The second-order valence-corrected chi connectivity index (χ2v) is 5.30. The molecule has 0 atom stereocenters. The minimum Gasteiger partial charge on any atom is -0.396 e. The lowest BCUT2D eigenvalue weighted by atomic mass is 9.98. The van der Waals surface area contributed by atoms with Gasteiger partial charge in [0, 0.05) is 19.7 Å². The van der Waals surface area contributed by atoms with Gasteiger partial charge in [0.15, 0.2) is 0 Å². The van der Waals surface area contributed by atoms with Crippen molar-refractivity contribution in [2.45, 2.75) is 32.4 Å². The number of aliphatic hydroxyl groups is 1. The van der Waals surface area contributed by atoms with Gasteiger partial charge in [0.25, 0.3) is 0 Å². The summed E-state index contributed by atoms with van der Waals surface area (Å²) in [7, 11) is 2.05. The first-order valence-corrected chi connectivity index (χ1v) is 6.51. The molecular formula is C15H24FNO. The summed E-state index contributed by atoms with van der Waals surface area (Å²) in [5.74, 6) is 0. The number of aliphatic hydroxyl groups excluding tert-OH is 1. The zero-order valence-corrected chi connectivity index (χ0v) is 11.6. The number of nitrogens with zero attached hydrogens (tertiary/aromatic N) is 1. The predicted molar refractivity (Wildman–Crippen MR) is 73.5 cm³/mol. The Labute approximate surface area is 109 Å². The van der Waals surface area contributed by atoms with Gasteiger partial charge in [-0.05, 0) is 44.9 Å². The Balaban J connectivity index is 2.44. The molecule has 0 saturated carbocycles. The van der Waals surface area contributed by atoms with Crippen LogP contribution >= 0.6 is 0 Å². The summed E-state index contributed by atoms with van der Waals surface area (Å²) in [5, 5.41) is 8.74. The highest BCUT2D eigenvalue weighted by Gasteiger charge is 2.17. The highest BCUT2D eigenvalue weighted by Crippen LogP contribution is 2.24. The van der Waals surface area contributed by atoms with Crippen LogP contribution in [-0.4, -0.2) is 36.8 Å². The molecule has 102 valence electrons. The standard InChI is InChI=1S/C15H24FNO/c1-15(2,16)14-7-5-13(6-8-14)9-11-17(3)10-4-12-18/h5-8,18H,4,9-12H2,1-3H3. The second-order valence-electron chi connectivity index (χ2n) is 5.30. The van der Waals surface area contributed by atoms with Crippen molar-refractivity contribution in [2.24, 2.45) is 0 Å². The minimum atomic E-state index is -1.27. The van der Waals surface area contributed by atoms with Crippen molar-refractivity contribution < 1.29 is 9.50 Å². The van der Waals surface area contributed by atoms with E-state index in [1.54, 1.807) is 13.8 Å². The Morgan fingerprint density at radius 3 is 2.28 bits per heavy atom. The summed E-state index contributed by atoms with van der Waals surface area (Å²) in [6.45, 7) is 5.25. The topological polar surface area (TPSA) is 23.5 Å². The van der Waals surface area contributed by atoms with Crippen LogP contribution in [-0.2, 0) is 12.1 Å². The SMILES string of the molecule is CN(CCCO)CCc1ccc(C(C)(C)F)cc1. The van der Waals surface area contributed by atoms with Crippen molar-refractivity contribution in [1.29, 1.82) is 0 Å². The van der Waals surface area contributed by atoms with Crippen LogP contribution in [0.1, 0.15) is 31.4 Å². The lowest BCUT2D eigenvalue weighted by Gasteiger charge is -2.17. The van der Waals surface area contributed by atoms with Crippen LogP contribution in [0.5, 0.6) is 0 Å². The fourth-order valence-electron chi connectivity index (χ4n) is 1.84. The van der Waals surface area contributed by atoms with E-state index in [2.05, 4.69) is 11.9 Å². The summed E-state index contributed by atoms with van der Waals surface area (Å²) < 4.78 is 13.7. The Bertz CT molecular complexity index is 343. The van der Waals surface area contributed by atoms with Crippen LogP contribution in [0.15, 0.2) is 24.3 Å². The Kier molecular flexibility index (Phi) is 5.76. The molecule has 1 aromatic carbocycles. The average molecular weight is 253 g/mol. The van der Waals surface area contributed by atoms with E-state index in [4.69, 9.17) is 5.11 Å². The van der Waals surface area contributed by atoms with E-state index in [9.17, 15) is 4.39 Å². The number of alkyl halides is 1. The first-order chi connectivity index (χ1) is 8.43. The molecule has 0 bridgehead atoms. The Morgan fingerprint density at radius 1 is 1.17 bits per heavy atom. The van der Waals surface area contributed by atoms with E-state index >= 15 is 0 Å². The van der Waals surface area contributed by atoms with Gasteiger partial charge >= 0.3 is 0 Å². The number of halogens is 1. The lowest BCUT2D eigenvalue weighted by Crippen LogP contribution is -2.23. The van der Waals surface area contributed by atoms with E-state index in [0.717, 1.165) is 31.5 Å². The number of likely N-dealkylation sites (N-methyl/N-ethyl adjacent to an activating group) is 1. The zero-order valence-electron chi connectivity index (χ0n) is 11.6. The molecule has 1 rings (SSSR count). The van der Waals surface area contributed by atoms with Gasteiger partial charge in [-0.1, -0.05) is 24.3 Å². The first kappa shape index (κ1) is 15.1. The maximum atomic E-state index is 13.7. The third-order valence-corrected chi connectivity index (χ3v) is 3.12. The molecule has 3 heteroatoms. The summed E-state index contributed by atoms with van der Waals surface area (Å²) in [5.41, 5.74) is 0.676. The van der Waals surface area contributed by atoms with Crippen LogP contribution in [0.2, 0.25) is 0 Å². The fraction of sp³-hybridized carbons (Fsp3) is 0.600. The highest BCUT2D eigenvalue weighted by atomic mass is 19.1. The molecular weight excluding hydrogens is 229 g/mol. The Hall–Kier alpha value is -0.930. The second kappa shape index (κ2) is 6.86. The van der Waals surface area contributed by atoms with Crippen molar-refractivity contribution in [3.05, 3.63) is 35.4 Å². The van der Waals surface area contributed by atoms with E-state index < -0.39 is 5.67 Å². The Morgan fingerprint density at radius 2 is 1.78 bits per heavy atom. The van der Waals surface area contributed by atoms with Gasteiger partial charge in [0.1, 0.15) is 5.67 Å². The smallest absolute Gasteiger partial charge is 0.130 e. The van der Waals surface area contributed by atoms with E-state index in [0.29, 0.717) is 0 Å². The van der Waals surface area contributed by atoms with Crippen molar-refractivity contribution in [3.8, 4) is 0 Å². The number of hydrogen-bond acceptors (Lipinski definition) is 2. The lowest BCUT2D eigenvalue weighted by molar-refractivity contribution is 0.221. The quantitative estimate of drug-likeness (QED) is 0.807. The predicted octanol–water partition coefficient (Wildman–Crippen LogP) is 2.75. The van der Waals surface area contributed by atoms with Crippen molar-refractivity contribution >= 4 is 0 Å². The molecule has 1 aromatic rings. The van der Waals surface area contributed by atoms with Gasteiger partial charge in [-0.25, -0.2) is 4.39 Å². The molecule has 0 aliphatic heterocycles. The fourth-order valence-corrected chi connectivity index (χ4v) is 1.84. The van der Waals surface area contributed by atoms with Crippen molar-refractivity contribution in [2.75, 3.05) is 26.7 Å². The van der Waals surface area contributed by atoms with Crippen LogP contribution in [0.3, 0.4) is 0 Å². The van der Waals surface area contributed by atoms with Crippen molar-refractivity contribution in [1.82, 2.24) is 4.90 Å². The molecule has 0 amide bonds. The van der Waals surface area contributed by atoms with Gasteiger partial charge in [-0.2, -0.15) is 0 Å². The van der Waals surface area contributed by atoms with Gasteiger partial charge in [-0.15, -0.1) is 0 Å². The van der Waals surface area contributed by atoms with Gasteiger partial charge < -0.3 is 10.0 Å². The molecule has 0 aromatic heterocycles. The monoisotopic (exact) mass is 253 g/mol. The summed E-state index contributed by atoms with van der Waals surface area (Å²) in [4.78, 5) is 2.20. The van der Waals surface area contributed by atoms with E-state index in [-0.39, 0.29) is 6.61 Å². The number of benzene rings is 1. The third-order valence-electron chi connectivity index (χ3n) is 3.12. The van der Waals surface area contributed by atoms with Crippen molar-refractivity contribution in [3.63, 3.8) is 0 Å².